The van der Waals surface area contributed by atoms with Gasteiger partial charge in [-0.1, -0.05) is 20.3 Å². The number of hydrogen-bond acceptors (Lipinski definition) is 2. The van der Waals surface area contributed by atoms with E-state index in [0.29, 0.717) is 11.5 Å². The van der Waals surface area contributed by atoms with Crippen LogP contribution >= 0.6 is 27.3 Å². The zero-order valence-electron chi connectivity index (χ0n) is 10.1. The maximum absolute atomic E-state index is 3.69. The molecule has 1 fully saturated rings. The average molecular weight is 302 g/mol. The molecule has 0 saturated heterocycles. The first-order valence-electron chi connectivity index (χ1n) is 6.01. The molecular weight excluding hydrogens is 282 g/mol. The second-order valence-corrected chi connectivity index (χ2v) is 7.89. The summed E-state index contributed by atoms with van der Waals surface area (Å²) in [5.41, 5.74) is 1.94. The van der Waals surface area contributed by atoms with Gasteiger partial charge in [-0.15, -0.1) is 11.3 Å². The molecule has 1 saturated carbocycles. The van der Waals surface area contributed by atoms with E-state index in [1.54, 1.807) is 11.3 Å². The lowest BCUT2D eigenvalue weighted by Crippen LogP contribution is -2.36. The lowest BCUT2D eigenvalue weighted by molar-refractivity contribution is 0.198. The maximum atomic E-state index is 3.69. The van der Waals surface area contributed by atoms with Gasteiger partial charge >= 0.3 is 0 Å². The highest BCUT2D eigenvalue weighted by atomic mass is 79.9. The van der Waals surface area contributed by atoms with Gasteiger partial charge in [0.1, 0.15) is 0 Å². The van der Waals surface area contributed by atoms with Crippen LogP contribution < -0.4 is 5.32 Å². The second kappa shape index (κ2) is 5.19. The van der Waals surface area contributed by atoms with E-state index < -0.39 is 0 Å². The van der Waals surface area contributed by atoms with Crippen molar-refractivity contribution < 1.29 is 0 Å². The number of thiophene rings is 1. The van der Waals surface area contributed by atoms with Gasteiger partial charge in [-0.2, -0.15) is 0 Å². The van der Waals surface area contributed by atoms with Crippen molar-refractivity contribution >= 4 is 27.3 Å². The predicted octanol–water partition coefficient (Wildman–Crippen LogP) is 4.57. The van der Waals surface area contributed by atoms with Crippen molar-refractivity contribution in [3.63, 3.8) is 0 Å². The Balaban J connectivity index is 1.82. The van der Waals surface area contributed by atoms with E-state index in [0.717, 1.165) is 6.54 Å². The molecule has 0 radical (unpaired) electrons. The molecule has 3 heteroatoms. The van der Waals surface area contributed by atoms with E-state index >= 15 is 0 Å². The molecule has 16 heavy (non-hydrogen) atoms. The molecule has 1 N–H and O–H groups in total. The van der Waals surface area contributed by atoms with Crippen LogP contribution in [0.3, 0.4) is 0 Å². The minimum Gasteiger partial charge on any atom is -0.310 e. The molecule has 0 amide bonds. The van der Waals surface area contributed by atoms with E-state index in [1.807, 2.05) is 0 Å². The van der Waals surface area contributed by atoms with E-state index in [1.165, 1.54) is 35.0 Å². The van der Waals surface area contributed by atoms with E-state index in [4.69, 9.17) is 0 Å². The fraction of sp³-hybridized carbons (Fsp3) is 0.692. The second-order valence-electron chi connectivity index (χ2n) is 5.60. The highest BCUT2D eigenvalue weighted by molar-refractivity contribution is 9.11. The highest BCUT2D eigenvalue weighted by Gasteiger charge is 2.27. The SMILES string of the molecule is CC1(C)CCCC(NCc2csc(Br)c2)C1. The van der Waals surface area contributed by atoms with Gasteiger partial charge in [-0.3, -0.25) is 0 Å². The van der Waals surface area contributed by atoms with Gasteiger partial charge in [0.2, 0.25) is 0 Å². The smallest absolute Gasteiger partial charge is 0.0701 e. The lowest BCUT2D eigenvalue weighted by Gasteiger charge is -2.35. The van der Waals surface area contributed by atoms with Crippen LogP contribution in [0, 0.1) is 5.41 Å². The third kappa shape index (κ3) is 3.57. The minimum absolute atomic E-state index is 0.533. The van der Waals surface area contributed by atoms with E-state index in [2.05, 4.69) is 46.5 Å². The maximum Gasteiger partial charge on any atom is 0.0701 e. The Morgan fingerprint density at radius 2 is 2.38 bits per heavy atom. The third-order valence-corrected chi connectivity index (χ3v) is 4.98. The van der Waals surface area contributed by atoms with Crippen molar-refractivity contribution in [2.45, 2.75) is 52.1 Å². The first-order chi connectivity index (χ1) is 7.55. The number of rotatable bonds is 3. The molecule has 0 bridgehead atoms. The molecule has 1 aliphatic rings. The van der Waals surface area contributed by atoms with Gasteiger partial charge in [0.05, 0.1) is 3.79 Å². The minimum atomic E-state index is 0.533. The van der Waals surface area contributed by atoms with E-state index in [9.17, 15) is 0 Å². The van der Waals surface area contributed by atoms with Crippen molar-refractivity contribution in [3.05, 3.63) is 20.8 Å². The van der Waals surface area contributed by atoms with Crippen LogP contribution in [-0.2, 0) is 6.54 Å². The van der Waals surface area contributed by atoms with Gasteiger partial charge in [-0.05, 0) is 57.6 Å². The standard InChI is InChI=1S/C13H20BrNS/c1-13(2)5-3-4-11(7-13)15-8-10-6-12(14)16-9-10/h6,9,11,15H,3-5,7-8H2,1-2H3. The van der Waals surface area contributed by atoms with E-state index in [-0.39, 0.29) is 0 Å². The summed E-state index contributed by atoms with van der Waals surface area (Å²) in [5.74, 6) is 0. The Hall–Kier alpha value is 0.140. The molecular formula is C13H20BrNS. The number of hydrogen-bond donors (Lipinski definition) is 1. The van der Waals surface area contributed by atoms with Crippen LogP contribution in [-0.4, -0.2) is 6.04 Å². The molecule has 0 aromatic carbocycles. The number of nitrogens with one attached hydrogen (secondary N) is 1. The van der Waals surface area contributed by atoms with Gasteiger partial charge in [0.25, 0.3) is 0 Å². The summed E-state index contributed by atoms with van der Waals surface area (Å²) in [4.78, 5) is 0. The van der Waals surface area contributed by atoms with Crippen LogP contribution in [0.25, 0.3) is 0 Å². The van der Waals surface area contributed by atoms with Crippen molar-refractivity contribution in [1.29, 1.82) is 0 Å². The predicted molar refractivity (Wildman–Crippen MR) is 74.9 cm³/mol. The van der Waals surface area contributed by atoms with Crippen LogP contribution in [0.4, 0.5) is 0 Å². The zero-order chi connectivity index (χ0) is 11.6. The average Bonchev–Trinajstić information content (AvgIpc) is 2.60. The molecule has 1 heterocycles. The van der Waals surface area contributed by atoms with Gasteiger partial charge < -0.3 is 5.32 Å². The molecule has 1 aliphatic carbocycles. The summed E-state index contributed by atoms with van der Waals surface area (Å²) in [6.45, 7) is 5.80. The molecule has 1 unspecified atom stereocenters. The van der Waals surface area contributed by atoms with Gasteiger partial charge in [0, 0.05) is 12.6 Å². The Bertz CT molecular complexity index is 345. The van der Waals surface area contributed by atoms with Crippen LogP contribution in [0.2, 0.25) is 0 Å². The fourth-order valence-corrected chi connectivity index (χ4v) is 3.78. The molecule has 90 valence electrons. The summed E-state index contributed by atoms with van der Waals surface area (Å²) >= 11 is 5.27. The molecule has 1 atom stereocenters. The zero-order valence-corrected chi connectivity index (χ0v) is 12.5. The summed E-state index contributed by atoms with van der Waals surface area (Å²) < 4.78 is 1.23. The Morgan fingerprint density at radius 3 is 3.00 bits per heavy atom. The summed E-state index contributed by atoms with van der Waals surface area (Å²) in [7, 11) is 0. The van der Waals surface area contributed by atoms with Crippen LogP contribution in [0.1, 0.15) is 45.1 Å². The molecule has 1 nitrogen and oxygen atoms in total. The lowest BCUT2D eigenvalue weighted by atomic mass is 9.75. The molecule has 1 aromatic rings. The first-order valence-corrected chi connectivity index (χ1v) is 7.69. The van der Waals surface area contributed by atoms with Crippen molar-refractivity contribution in [3.8, 4) is 0 Å². The quantitative estimate of drug-likeness (QED) is 0.862. The molecule has 1 aromatic heterocycles. The number of halogens is 1. The molecule has 2 rings (SSSR count). The molecule has 0 aliphatic heterocycles. The van der Waals surface area contributed by atoms with Crippen molar-refractivity contribution in [2.24, 2.45) is 5.41 Å². The normalized spacial score (nSPS) is 24.6. The third-order valence-electron chi connectivity index (χ3n) is 3.42. The first kappa shape index (κ1) is 12.6. The van der Waals surface area contributed by atoms with Crippen molar-refractivity contribution in [2.75, 3.05) is 0 Å². The summed E-state index contributed by atoms with van der Waals surface area (Å²) in [5, 5.41) is 5.92. The highest BCUT2D eigenvalue weighted by Crippen LogP contribution is 2.35. The van der Waals surface area contributed by atoms with Gasteiger partial charge in [-0.25, -0.2) is 0 Å². The largest absolute Gasteiger partial charge is 0.310 e. The summed E-state index contributed by atoms with van der Waals surface area (Å²) in [6, 6.07) is 2.92. The topological polar surface area (TPSA) is 12.0 Å². The fourth-order valence-electron chi connectivity index (χ4n) is 2.57. The van der Waals surface area contributed by atoms with Crippen molar-refractivity contribution in [1.82, 2.24) is 5.32 Å². The Morgan fingerprint density at radius 1 is 1.56 bits per heavy atom. The van der Waals surface area contributed by atoms with Crippen LogP contribution in [0.15, 0.2) is 15.2 Å². The Kier molecular flexibility index (Phi) is 4.09. The summed E-state index contributed by atoms with van der Waals surface area (Å²) in [6.07, 6.45) is 5.42. The van der Waals surface area contributed by atoms with Gasteiger partial charge in [0.15, 0.2) is 0 Å². The van der Waals surface area contributed by atoms with Crippen LogP contribution in [0.5, 0.6) is 0 Å². The monoisotopic (exact) mass is 301 g/mol. The molecule has 0 spiro atoms. The Labute approximate surface area is 111 Å².